The van der Waals surface area contributed by atoms with Crippen LogP contribution in [-0.2, 0) is 17.8 Å². The maximum absolute atomic E-state index is 11.9. The van der Waals surface area contributed by atoms with Gasteiger partial charge in [0.15, 0.2) is 5.69 Å². The van der Waals surface area contributed by atoms with Crippen molar-refractivity contribution in [2.24, 2.45) is 0 Å². The van der Waals surface area contributed by atoms with Crippen molar-refractivity contribution in [1.82, 2.24) is 15.0 Å². The van der Waals surface area contributed by atoms with Gasteiger partial charge >= 0.3 is 5.97 Å². The summed E-state index contributed by atoms with van der Waals surface area (Å²) >= 11 is 0. The Morgan fingerprint density at radius 2 is 1.95 bits per heavy atom. The van der Waals surface area contributed by atoms with Crippen LogP contribution in [0.15, 0.2) is 24.3 Å². The van der Waals surface area contributed by atoms with E-state index < -0.39 is 5.97 Å². The van der Waals surface area contributed by atoms with Crippen molar-refractivity contribution in [2.75, 3.05) is 5.32 Å². The van der Waals surface area contributed by atoms with Gasteiger partial charge < -0.3 is 10.4 Å². The zero-order valence-corrected chi connectivity index (χ0v) is 11.8. The number of amides is 1. The summed E-state index contributed by atoms with van der Waals surface area (Å²) in [6.45, 7) is 3.54. The van der Waals surface area contributed by atoms with E-state index in [0.717, 1.165) is 6.42 Å². The van der Waals surface area contributed by atoms with Crippen LogP contribution < -0.4 is 5.32 Å². The number of carboxylic acid groups (broad SMARTS) is 1. The maximum atomic E-state index is 11.9. The highest BCUT2D eigenvalue weighted by atomic mass is 16.4. The van der Waals surface area contributed by atoms with Crippen LogP contribution in [0.2, 0.25) is 0 Å². The van der Waals surface area contributed by atoms with Gasteiger partial charge in [-0.1, -0.05) is 24.3 Å². The first kappa shape index (κ1) is 14.7. The Balaban J connectivity index is 2.02. The largest absolute Gasteiger partial charge is 0.476 e. The summed E-state index contributed by atoms with van der Waals surface area (Å²) in [5, 5.41) is 18.8. The lowest BCUT2D eigenvalue weighted by Crippen LogP contribution is -2.20. The van der Waals surface area contributed by atoms with Gasteiger partial charge in [-0.25, -0.2) is 9.48 Å². The van der Waals surface area contributed by atoms with Crippen molar-refractivity contribution < 1.29 is 14.7 Å². The van der Waals surface area contributed by atoms with Gasteiger partial charge in [0.1, 0.15) is 6.54 Å². The molecule has 0 aliphatic heterocycles. The second-order valence-corrected chi connectivity index (χ2v) is 4.58. The Labute approximate surface area is 121 Å². The molecule has 110 valence electrons. The molecule has 2 N–H and O–H groups in total. The summed E-state index contributed by atoms with van der Waals surface area (Å²) < 4.78 is 1.26. The molecule has 0 saturated carbocycles. The van der Waals surface area contributed by atoms with Gasteiger partial charge in [-0.3, -0.25) is 4.79 Å². The van der Waals surface area contributed by atoms with Crippen LogP contribution in [-0.4, -0.2) is 32.0 Å². The number of anilines is 1. The minimum atomic E-state index is -1.16. The quantitative estimate of drug-likeness (QED) is 0.868. The lowest BCUT2D eigenvalue weighted by Gasteiger charge is -2.07. The number of aromatic nitrogens is 3. The first-order chi connectivity index (χ1) is 10.0. The molecule has 0 saturated heterocycles. The maximum Gasteiger partial charge on any atom is 0.358 e. The van der Waals surface area contributed by atoms with E-state index >= 15 is 0 Å². The molecule has 1 aromatic heterocycles. The van der Waals surface area contributed by atoms with E-state index in [1.165, 1.54) is 10.2 Å². The molecule has 7 heteroatoms. The molecule has 0 spiro atoms. The van der Waals surface area contributed by atoms with Crippen molar-refractivity contribution >= 4 is 17.6 Å². The predicted molar refractivity (Wildman–Crippen MR) is 76.2 cm³/mol. The fraction of sp³-hybridized carbons (Fsp3) is 0.286. The molecule has 2 aromatic rings. The first-order valence-corrected chi connectivity index (χ1v) is 6.53. The molecule has 1 aromatic carbocycles. The van der Waals surface area contributed by atoms with Gasteiger partial charge in [0.05, 0.1) is 5.69 Å². The van der Waals surface area contributed by atoms with Gasteiger partial charge in [0.2, 0.25) is 5.91 Å². The van der Waals surface area contributed by atoms with Gasteiger partial charge in [0.25, 0.3) is 0 Å². The minimum Gasteiger partial charge on any atom is -0.476 e. The van der Waals surface area contributed by atoms with E-state index in [1.807, 2.05) is 24.3 Å². The highest BCUT2D eigenvalue weighted by Crippen LogP contribution is 2.10. The van der Waals surface area contributed by atoms with Gasteiger partial charge in [0, 0.05) is 5.69 Å². The molecule has 0 aliphatic rings. The van der Waals surface area contributed by atoms with E-state index in [0.29, 0.717) is 11.4 Å². The monoisotopic (exact) mass is 288 g/mol. The summed E-state index contributed by atoms with van der Waals surface area (Å²) in [7, 11) is 0. The van der Waals surface area contributed by atoms with Crippen LogP contribution in [0.5, 0.6) is 0 Å². The summed E-state index contributed by atoms with van der Waals surface area (Å²) in [6, 6.07) is 7.54. The summed E-state index contributed by atoms with van der Waals surface area (Å²) in [4.78, 5) is 22.8. The number of rotatable bonds is 5. The Hall–Kier alpha value is -2.70. The molecule has 7 nitrogen and oxygen atoms in total. The third-order valence-corrected chi connectivity index (χ3v) is 3.12. The molecule has 1 heterocycles. The van der Waals surface area contributed by atoms with Crippen LogP contribution in [0.4, 0.5) is 5.69 Å². The van der Waals surface area contributed by atoms with Gasteiger partial charge in [-0.2, -0.15) is 0 Å². The predicted octanol–water partition coefficient (Wildman–Crippen LogP) is 1.49. The first-order valence-electron chi connectivity index (χ1n) is 6.53. The number of carboxylic acids is 1. The Bertz CT molecular complexity index is 661. The molecule has 0 unspecified atom stereocenters. The fourth-order valence-corrected chi connectivity index (χ4v) is 1.87. The van der Waals surface area contributed by atoms with Crippen molar-refractivity contribution in [3.05, 3.63) is 41.2 Å². The number of nitrogens with zero attached hydrogens (tertiary/aromatic N) is 3. The average Bonchev–Trinajstić information content (AvgIpc) is 2.81. The standard InChI is InChI=1S/C14H16N4O3/c1-3-10-4-6-11(7-5-10)15-12(19)8-18-9(2)13(14(20)21)16-17-18/h4-7H,3,8H2,1-2H3,(H,15,19)(H,20,21). The molecular weight excluding hydrogens is 272 g/mol. The molecule has 0 bridgehead atoms. The summed E-state index contributed by atoms with van der Waals surface area (Å²) in [5.74, 6) is -1.45. The van der Waals surface area contributed by atoms with Crippen LogP contribution in [0.25, 0.3) is 0 Å². The molecule has 0 atom stereocenters. The number of hydrogen-bond donors (Lipinski definition) is 2. The number of carbonyl (C=O) groups excluding carboxylic acids is 1. The van der Waals surface area contributed by atoms with Crippen molar-refractivity contribution in [2.45, 2.75) is 26.8 Å². The van der Waals surface area contributed by atoms with Gasteiger partial charge in [-0.15, -0.1) is 5.10 Å². The highest BCUT2D eigenvalue weighted by Gasteiger charge is 2.16. The summed E-state index contributed by atoms with van der Waals surface area (Å²) in [6.07, 6.45) is 0.935. The lowest BCUT2D eigenvalue weighted by atomic mass is 10.1. The molecular formula is C14H16N4O3. The zero-order chi connectivity index (χ0) is 15.4. The normalized spacial score (nSPS) is 10.4. The molecule has 1 amide bonds. The SMILES string of the molecule is CCc1ccc(NC(=O)Cn2nnc(C(=O)O)c2C)cc1. The number of hydrogen-bond acceptors (Lipinski definition) is 4. The van der Waals surface area contributed by atoms with Gasteiger partial charge in [-0.05, 0) is 31.0 Å². The second-order valence-electron chi connectivity index (χ2n) is 4.58. The molecule has 21 heavy (non-hydrogen) atoms. The Morgan fingerprint density at radius 1 is 1.29 bits per heavy atom. The van der Waals surface area contributed by atoms with E-state index in [2.05, 4.69) is 22.6 Å². The van der Waals surface area contributed by atoms with Crippen LogP contribution in [0.3, 0.4) is 0 Å². The van der Waals surface area contributed by atoms with Crippen LogP contribution >= 0.6 is 0 Å². The smallest absolute Gasteiger partial charge is 0.358 e. The average molecular weight is 288 g/mol. The Kier molecular flexibility index (Phi) is 4.32. The summed E-state index contributed by atoms with van der Waals surface area (Å²) in [5.41, 5.74) is 2.08. The van der Waals surface area contributed by atoms with Crippen molar-refractivity contribution in [3.63, 3.8) is 0 Å². The topological polar surface area (TPSA) is 97.1 Å². The number of nitrogens with one attached hydrogen (secondary N) is 1. The fourth-order valence-electron chi connectivity index (χ4n) is 1.87. The molecule has 0 aliphatic carbocycles. The third kappa shape index (κ3) is 3.44. The second kappa shape index (κ2) is 6.17. The highest BCUT2D eigenvalue weighted by molar-refractivity contribution is 5.91. The number of benzene rings is 1. The van der Waals surface area contributed by atoms with Crippen molar-refractivity contribution in [3.8, 4) is 0 Å². The lowest BCUT2D eigenvalue weighted by molar-refractivity contribution is -0.117. The van der Waals surface area contributed by atoms with Crippen LogP contribution in [0.1, 0.15) is 28.7 Å². The molecule has 2 rings (SSSR count). The minimum absolute atomic E-state index is 0.0817. The molecule has 0 fully saturated rings. The van der Waals surface area contributed by atoms with E-state index in [-0.39, 0.29) is 18.1 Å². The number of carbonyl (C=O) groups is 2. The van der Waals surface area contributed by atoms with E-state index in [9.17, 15) is 9.59 Å². The third-order valence-electron chi connectivity index (χ3n) is 3.12. The van der Waals surface area contributed by atoms with E-state index in [4.69, 9.17) is 5.11 Å². The van der Waals surface area contributed by atoms with Crippen molar-refractivity contribution in [1.29, 1.82) is 0 Å². The molecule has 0 radical (unpaired) electrons. The van der Waals surface area contributed by atoms with Crippen LogP contribution in [0, 0.1) is 6.92 Å². The number of aryl methyl sites for hydroxylation is 1. The number of aromatic carboxylic acids is 1. The zero-order valence-electron chi connectivity index (χ0n) is 11.8. The Morgan fingerprint density at radius 3 is 2.48 bits per heavy atom. The van der Waals surface area contributed by atoms with E-state index in [1.54, 1.807) is 6.92 Å².